The first-order valence-corrected chi connectivity index (χ1v) is 6.95. The van der Waals surface area contributed by atoms with Crippen molar-refractivity contribution in [2.75, 3.05) is 5.32 Å². The fourth-order valence-electron chi connectivity index (χ4n) is 1.73. The summed E-state index contributed by atoms with van der Waals surface area (Å²) in [5.74, 6) is -2.81. The largest absolute Gasteiger partial charge is 0.389 e. The Labute approximate surface area is 133 Å². The van der Waals surface area contributed by atoms with Crippen molar-refractivity contribution in [3.05, 3.63) is 63.6 Å². The van der Waals surface area contributed by atoms with Crippen molar-refractivity contribution in [1.29, 1.82) is 0 Å². The second kappa shape index (κ2) is 6.28. The number of nitrogens with one attached hydrogen (secondary N) is 1. The Hall–Kier alpha value is -1.86. The predicted molar refractivity (Wildman–Crippen MR) is 84.3 cm³/mol. The molecule has 0 aliphatic heterocycles. The van der Waals surface area contributed by atoms with Crippen LogP contribution >= 0.6 is 28.1 Å². The second-order valence-electron chi connectivity index (χ2n) is 4.10. The number of hydrogen-bond donors (Lipinski definition) is 2. The van der Waals surface area contributed by atoms with Crippen molar-refractivity contribution >= 4 is 44.7 Å². The lowest BCUT2D eigenvalue weighted by Gasteiger charge is -2.11. The van der Waals surface area contributed by atoms with E-state index in [0.717, 1.165) is 12.1 Å². The van der Waals surface area contributed by atoms with Crippen molar-refractivity contribution in [3.8, 4) is 0 Å². The van der Waals surface area contributed by atoms with Crippen molar-refractivity contribution in [1.82, 2.24) is 0 Å². The Balaban J connectivity index is 2.40. The van der Waals surface area contributed by atoms with Gasteiger partial charge in [0.15, 0.2) is 0 Å². The average Bonchev–Trinajstić information content (AvgIpc) is 2.38. The average molecular weight is 371 g/mol. The molecule has 1 amide bonds. The topological polar surface area (TPSA) is 55.1 Å². The molecule has 0 spiro atoms. The lowest BCUT2D eigenvalue weighted by Crippen LogP contribution is -2.19. The van der Waals surface area contributed by atoms with E-state index in [4.69, 9.17) is 18.0 Å². The maximum absolute atomic E-state index is 13.6. The number of nitrogens with two attached hydrogens (primary N) is 1. The molecule has 0 aliphatic carbocycles. The highest BCUT2D eigenvalue weighted by Gasteiger charge is 2.18. The molecule has 108 valence electrons. The van der Waals surface area contributed by atoms with E-state index < -0.39 is 23.1 Å². The molecule has 0 heterocycles. The van der Waals surface area contributed by atoms with Crippen molar-refractivity contribution < 1.29 is 13.6 Å². The summed E-state index contributed by atoms with van der Waals surface area (Å²) in [7, 11) is 0. The molecule has 0 aliphatic rings. The Morgan fingerprint density at radius 1 is 1.19 bits per heavy atom. The number of rotatable bonds is 3. The van der Waals surface area contributed by atoms with Gasteiger partial charge in [-0.25, -0.2) is 8.78 Å². The summed E-state index contributed by atoms with van der Waals surface area (Å²) in [6.07, 6.45) is 0. The molecule has 0 saturated heterocycles. The molecule has 0 fully saturated rings. The van der Waals surface area contributed by atoms with Gasteiger partial charge in [0.1, 0.15) is 22.2 Å². The van der Waals surface area contributed by atoms with Gasteiger partial charge >= 0.3 is 0 Å². The van der Waals surface area contributed by atoms with E-state index >= 15 is 0 Å². The molecule has 0 unspecified atom stereocenters. The third-order valence-corrected chi connectivity index (χ3v) is 3.40. The van der Waals surface area contributed by atoms with Crippen LogP contribution in [0.5, 0.6) is 0 Å². The number of halogens is 3. The lowest BCUT2D eigenvalue weighted by atomic mass is 10.1. The van der Waals surface area contributed by atoms with Crippen LogP contribution in [0.3, 0.4) is 0 Å². The molecule has 3 nitrogen and oxygen atoms in total. The maximum atomic E-state index is 13.6. The molecule has 3 N–H and O–H groups in total. The summed E-state index contributed by atoms with van der Waals surface area (Å²) < 4.78 is 27.8. The molecule has 2 rings (SSSR count). The fraction of sp³-hybridized carbons (Fsp3) is 0. The van der Waals surface area contributed by atoms with Crippen LogP contribution in [-0.2, 0) is 0 Å². The molecule has 2 aromatic rings. The molecule has 0 saturated carbocycles. The lowest BCUT2D eigenvalue weighted by molar-refractivity contribution is 0.101. The summed E-state index contributed by atoms with van der Waals surface area (Å²) in [4.78, 5) is 12.1. The number of benzene rings is 2. The highest BCUT2D eigenvalue weighted by Crippen LogP contribution is 2.23. The van der Waals surface area contributed by atoms with Gasteiger partial charge in [-0.05, 0) is 30.3 Å². The molecule has 2 aromatic carbocycles. The van der Waals surface area contributed by atoms with Gasteiger partial charge in [-0.2, -0.15) is 0 Å². The number of amides is 1. The van der Waals surface area contributed by atoms with E-state index in [1.54, 1.807) is 18.2 Å². The van der Waals surface area contributed by atoms with E-state index in [-0.39, 0.29) is 10.7 Å². The third-order valence-electron chi connectivity index (χ3n) is 2.69. The zero-order chi connectivity index (χ0) is 15.6. The molecule has 0 aromatic heterocycles. The van der Waals surface area contributed by atoms with Gasteiger partial charge in [-0.1, -0.05) is 34.2 Å². The van der Waals surface area contributed by atoms with Gasteiger partial charge < -0.3 is 11.1 Å². The molecule has 0 radical (unpaired) electrons. The predicted octanol–water partition coefficient (Wildman–Crippen LogP) is 3.61. The van der Waals surface area contributed by atoms with Gasteiger partial charge in [0, 0.05) is 10.0 Å². The fourth-order valence-corrected chi connectivity index (χ4v) is 2.27. The summed E-state index contributed by atoms with van der Waals surface area (Å²) >= 11 is 8.11. The third kappa shape index (κ3) is 3.43. The minimum Gasteiger partial charge on any atom is -0.389 e. The van der Waals surface area contributed by atoms with Crippen LogP contribution in [0.2, 0.25) is 0 Å². The Kier molecular flexibility index (Phi) is 4.64. The van der Waals surface area contributed by atoms with Crippen LogP contribution in [-0.4, -0.2) is 10.9 Å². The summed E-state index contributed by atoms with van der Waals surface area (Å²) in [5, 5.41) is 2.41. The number of hydrogen-bond acceptors (Lipinski definition) is 2. The first-order valence-electron chi connectivity index (χ1n) is 5.75. The van der Waals surface area contributed by atoms with E-state index in [9.17, 15) is 13.6 Å². The van der Waals surface area contributed by atoms with Crippen LogP contribution in [0.15, 0.2) is 40.9 Å². The van der Waals surface area contributed by atoms with Crippen LogP contribution < -0.4 is 11.1 Å². The van der Waals surface area contributed by atoms with E-state index in [2.05, 4.69) is 21.2 Å². The monoisotopic (exact) mass is 370 g/mol. The number of carbonyl (C=O) groups is 1. The molecular weight excluding hydrogens is 362 g/mol. The normalized spacial score (nSPS) is 10.2. The van der Waals surface area contributed by atoms with Crippen LogP contribution in [0, 0.1) is 11.6 Å². The summed E-state index contributed by atoms with van der Waals surface area (Å²) in [5.41, 5.74) is 5.56. The Morgan fingerprint density at radius 3 is 2.38 bits per heavy atom. The number of thiocarbonyl (C=S) groups is 1. The van der Waals surface area contributed by atoms with E-state index in [1.807, 2.05) is 0 Å². The Morgan fingerprint density at radius 2 is 1.81 bits per heavy atom. The minimum atomic E-state index is -0.945. The number of anilines is 1. The Bertz CT molecular complexity index is 717. The van der Waals surface area contributed by atoms with Gasteiger partial charge in [-0.15, -0.1) is 0 Å². The SMILES string of the molecule is NC(=S)c1ccc(Br)cc1NC(=O)c1c(F)cccc1F. The molecular formula is C14H9BrF2N2OS. The van der Waals surface area contributed by atoms with Crippen LogP contribution in [0.1, 0.15) is 15.9 Å². The van der Waals surface area contributed by atoms with E-state index in [0.29, 0.717) is 10.0 Å². The summed E-state index contributed by atoms with van der Waals surface area (Å²) in [6, 6.07) is 8.03. The van der Waals surface area contributed by atoms with Gasteiger partial charge in [0.25, 0.3) is 5.91 Å². The smallest absolute Gasteiger partial charge is 0.261 e. The van der Waals surface area contributed by atoms with Gasteiger partial charge in [0.2, 0.25) is 0 Å². The highest BCUT2D eigenvalue weighted by molar-refractivity contribution is 9.10. The molecule has 0 bridgehead atoms. The zero-order valence-corrected chi connectivity index (χ0v) is 12.9. The van der Waals surface area contributed by atoms with Crippen molar-refractivity contribution in [2.24, 2.45) is 5.73 Å². The van der Waals surface area contributed by atoms with Gasteiger partial charge in [-0.3, -0.25) is 4.79 Å². The summed E-state index contributed by atoms with van der Waals surface area (Å²) in [6.45, 7) is 0. The quantitative estimate of drug-likeness (QED) is 0.811. The molecule has 7 heteroatoms. The minimum absolute atomic E-state index is 0.0619. The molecule has 21 heavy (non-hydrogen) atoms. The zero-order valence-electron chi connectivity index (χ0n) is 10.5. The van der Waals surface area contributed by atoms with Crippen molar-refractivity contribution in [2.45, 2.75) is 0 Å². The van der Waals surface area contributed by atoms with E-state index in [1.165, 1.54) is 6.07 Å². The highest BCUT2D eigenvalue weighted by atomic mass is 79.9. The first-order chi connectivity index (χ1) is 9.90. The van der Waals surface area contributed by atoms with Gasteiger partial charge in [0.05, 0.1) is 5.69 Å². The molecule has 0 atom stereocenters. The first kappa shape index (κ1) is 15.5. The van der Waals surface area contributed by atoms with Crippen LogP contribution in [0.25, 0.3) is 0 Å². The number of carbonyl (C=O) groups excluding carboxylic acids is 1. The maximum Gasteiger partial charge on any atom is 0.261 e. The van der Waals surface area contributed by atoms with Crippen molar-refractivity contribution in [3.63, 3.8) is 0 Å². The van der Waals surface area contributed by atoms with Crippen LogP contribution in [0.4, 0.5) is 14.5 Å². The standard InChI is InChI=1S/C14H9BrF2N2OS/c15-7-4-5-8(13(18)21)11(6-7)19-14(20)12-9(16)2-1-3-10(12)17/h1-6H,(H2,18,21)(H,19,20). The second-order valence-corrected chi connectivity index (χ2v) is 5.46.